The predicted molar refractivity (Wildman–Crippen MR) is 185 cm³/mol. The predicted octanol–water partition coefficient (Wildman–Crippen LogP) is 3.21. The zero-order valence-corrected chi connectivity index (χ0v) is 30.5. The van der Waals surface area contributed by atoms with Gasteiger partial charge < -0.3 is 40.4 Å². The zero-order chi connectivity index (χ0) is 35.9. The molecule has 12 heteroatoms. The fourth-order valence-electron chi connectivity index (χ4n) is 5.82. The molecule has 0 radical (unpaired) electrons. The van der Waals surface area contributed by atoms with Crippen LogP contribution in [0.2, 0.25) is 0 Å². The van der Waals surface area contributed by atoms with Gasteiger partial charge in [-0.15, -0.1) is 0 Å². The van der Waals surface area contributed by atoms with Crippen LogP contribution in [-0.4, -0.2) is 105 Å². The van der Waals surface area contributed by atoms with E-state index in [9.17, 15) is 19.5 Å². The molecule has 5 atom stereocenters. The molecule has 1 aromatic carbocycles. The molecule has 12 nitrogen and oxygen atoms in total. The van der Waals surface area contributed by atoms with Crippen molar-refractivity contribution in [3.63, 3.8) is 0 Å². The summed E-state index contributed by atoms with van der Waals surface area (Å²) < 4.78 is 22.1. The lowest BCUT2D eigenvalue weighted by Crippen LogP contribution is -2.50. The number of amides is 2. The molecular formula is C36H62N4O8. The first kappa shape index (κ1) is 41.4. The third-order valence-corrected chi connectivity index (χ3v) is 8.67. The summed E-state index contributed by atoms with van der Waals surface area (Å²) in [5.41, 5.74) is 6.19. The summed E-state index contributed by atoms with van der Waals surface area (Å²) in [6.07, 6.45) is -1.13. The second kappa shape index (κ2) is 20.7. The van der Waals surface area contributed by atoms with Gasteiger partial charge in [-0.25, -0.2) is 0 Å². The summed E-state index contributed by atoms with van der Waals surface area (Å²) in [6.45, 7) is 18.2. The molecule has 0 spiro atoms. The molecule has 1 unspecified atom stereocenters. The van der Waals surface area contributed by atoms with Gasteiger partial charge in [-0.05, 0) is 63.5 Å². The van der Waals surface area contributed by atoms with Gasteiger partial charge in [-0.3, -0.25) is 19.3 Å². The van der Waals surface area contributed by atoms with E-state index in [0.29, 0.717) is 57.3 Å². The second-order valence-electron chi connectivity index (χ2n) is 14.4. The summed E-state index contributed by atoms with van der Waals surface area (Å²) >= 11 is 0. The van der Waals surface area contributed by atoms with Gasteiger partial charge in [0.25, 0.3) is 5.91 Å². The van der Waals surface area contributed by atoms with E-state index in [-0.39, 0.29) is 30.6 Å². The van der Waals surface area contributed by atoms with Crippen molar-refractivity contribution in [2.45, 2.75) is 85.6 Å². The molecule has 1 heterocycles. The summed E-state index contributed by atoms with van der Waals surface area (Å²) in [6, 6.07) is 6.94. The van der Waals surface area contributed by atoms with E-state index >= 15 is 0 Å². The molecule has 5 N–H and O–H groups in total. The Morgan fingerprint density at radius 1 is 1.00 bits per heavy atom. The van der Waals surface area contributed by atoms with Crippen LogP contribution in [0.25, 0.3) is 0 Å². The number of nitrogens with zero attached hydrogens (tertiary/aromatic N) is 1. The zero-order valence-electron chi connectivity index (χ0n) is 30.5. The Labute approximate surface area is 287 Å². The Bertz CT molecular complexity index is 1120. The summed E-state index contributed by atoms with van der Waals surface area (Å²) in [7, 11) is 1.62. The van der Waals surface area contributed by atoms with Gasteiger partial charge in [0.15, 0.2) is 0 Å². The van der Waals surface area contributed by atoms with Crippen molar-refractivity contribution in [3.05, 3.63) is 29.8 Å². The lowest BCUT2D eigenvalue weighted by Gasteiger charge is -2.35. The number of aliphatic hydroxyl groups excluding tert-OH is 1. The number of aliphatic hydroxyl groups is 1. The van der Waals surface area contributed by atoms with E-state index in [1.807, 2.05) is 27.7 Å². The minimum absolute atomic E-state index is 0.0673. The van der Waals surface area contributed by atoms with Gasteiger partial charge in [0, 0.05) is 52.2 Å². The maximum absolute atomic E-state index is 13.6. The lowest BCUT2D eigenvalue weighted by atomic mass is 9.78. The summed E-state index contributed by atoms with van der Waals surface area (Å²) in [4.78, 5) is 42.6. The Kier molecular flexibility index (Phi) is 17.8. The van der Waals surface area contributed by atoms with Gasteiger partial charge >= 0.3 is 5.97 Å². The van der Waals surface area contributed by atoms with Crippen LogP contribution < -0.4 is 21.1 Å². The molecule has 48 heavy (non-hydrogen) atoms. The van der Waals surface area contributed by atoms with Crippen molar-refractivity contribution in [2.24, 2.45) is 35.3 Å². The van der Waals surface area contributed by atoms with Crippen LogP contribution in [0.5, 0.6) is 5.75 Å². The number of ether oxygens (including phenoxy) is 4. The quantitative estimate of drug-likeness (QED) is 0.0916. The second-order valence-corrected chi connectivity index (χ2v) is 14.4. The molecule has 1 aromatic rings. The molecule has 0 aliphatic carbocycles. The highest BCUT2D eigenvalue weighted by Crippen LogP contribution is 2.31. The minimum atomic E-state index is -1.18. The molecule has 274 valence electrons. The summed E-state index contributed by atoms with van der Waals surface area (Å²) in [5.74, 6) is -2.75. The van der Waals surface area contributed by atoms with Crippen LogP contribution in [0.1, 0.15) is 78.1 Å². The first-order chi connectivity index (χ1) is 22.6. The van der Waals surface area contributed by atoms with E-state index in [1.54, 1.807) is 52.1 Å². The average Bonchev–Trinajstić information content (AvgIpc) is 3.01. The molecular weight excluding hydrogens is 616 g/mol. The fourth-order valence-corrected chi connectivity index (χ4v) is 5.82. The van der Waals surface area contributed by atoms with Crippen molar-refractivity contribution in [3.8, 4) is 5.75 Å². The molecule has 2 rings (SSSR count). The van der Waals surface area contributed by atoms with Crippen molar-refractivity contribution >= 4 is 17.8 Å². The first-order valence-electron chi connectivity index (χ1n) is 17.4. The highest BCUT2D eigenvalue weighted by molar-refractivity contribution is 5.97. The van der Waals surface area contributed by atoms with Gasteiger partial charge in [-0.1, -0.05) is 39.8 Å². The van der Waals surface area contributed by atoms with Gasteiger partial charge in [0.2, 0.25) is 5.91 Å². The van der Waals surface area contributed by atoms with E-state index in [2.05, 4.69) is 15.5 Å². The molecule has 0 saturated carbocycles. The topological polar surface area (TPSA) is 162 Å². The SMILES string of the molecule is COCCCOc1ccccc1C(=O)NC(N)[C@@H](C[C@H](C(=O)OC(C)(C)C)[C@@H](O)C[C@H](C(=O)NCCN1CCOCC1)C(C)C)C(C)C. The molecule has 1 fully saturated rings. The minimum Gasteiger partial charge on any atom is -0.493 e. The van der Waals surface area contributed by atoms with Gasteiger partial charge in [0.05, 0.1) is 43.6 Å². The normalized spacial score (nSPS) is 17.3. The third kappa shape index (κ3) is 14.4. The standard InChI is InChI=1S/C36H62N4O8/c1-24(2)27(32(37)39-34(43)26-12-9-10-13-31(26)47-19-11-18-45-8)22-29(35(44)48-36(5,6)7)30(41)23-28(25(3)4)33(42)38-14-15-40-16-20-46-21-17-40/h9-10,12-13,24-25,27-30,32,41H,11,14-23,37H2,1-8H3,(H,38,42)(H,39,43)/t27-,28-,29-,30-,32?/m0/s1. The molecule has 0 aromatic heterocycles. The van der Waals surface area contributed by atoms with Crippen LogP contribution in [0, 0.1) is 29.6 Å². The Morgan fingerprint density at radius 3 is 2.27 bits per heavy atom. The maximum Gasteiger partial charge on any atom is 0.312 e. The number of para-hydroxylation sites is 1. The maximum atomic E-state index is 13.6. The number of morpholine rings is 1. The highest BCUT2D eigenvalue weighted by atomic mass is 16.6. The van der Waals surface area contributed by atoms with E-state index < -0.39 is 47.5 Å². The van der Waals surface area contributed by atoms with Gasteiger partial charge in [0.1, 0.15) is 11.4 Å². The Hall–Kier alpha value is -2.77. The largest absolute Gasteiger partial charge is 0.493 e. The number of hydrogen-bond donors (Lipinski definition) is 4. The van der Waals surface area contributed by atoms with Crippen molar-refractivity contribution in [2.75, 3.05) is 59.7 Å². The number of carbonyl (C=O) groups is 3. The first-order valence-corrected chi connectivity index (χ1v) is 17.4. The number of esters is 1. The number of hydrogen-bond acceptors (Lipinski definition) is 10. The number of carbonyl (C=O) groups excluding carboxylic acids is 3. The van der Waals surface area contributed by atoms with E-state index in [1.165, 1.54) is 0 Å². The smallest absolute Gasteiger partial charge is 0.312 e. The van der Waals surface area contributed by atoms with Crippen LogP contribution in [-0.2, 0) is 23.8 Å². The molecule has 1 aliphatic rings. The third-order valence-electron chi connectivity index (χ3n) is 8.67. The highest BCUT2D eigenvalue weighted by Gasteiger charge is 2.39. The lowest BCUT2D eigenvalue weighted by molar-refractivity contribution is -0.166. The fraction of sp³-hybridized carbons (Fsp3) is 0.750. The number of benzene rings is 1. The summed E-state index contributed by atoms with van der Waals surface area (Å²) in [5, 5.41) is 17.6. The molecule has 0 bridgehead atoms. The van der Waals surface area contributed by atoms with Crippen molar-refractivity contribution in [1.82, 2.24) is 15.5 Å². The van der Waals surface area contributed by atoms with Crippen LogP contribution in [0.4, 0.5) is 0 Å². The number of nitrogens with two attached hydrogens (primary N) is 1. The number of methoxy groups -OCH3 is 1. The van der Waals surface area contributed by atoms with Crippen LogP contribution >= 0.6 is 0 Å². The average molecular weight is 679 g/mol. The van der Waals surface area contributed by atoms with E-state index in [4.69, 9.17) is 24.7 Å². The van der Waals surface area contributed by atoms with Crippen LogP contribution in [0.15, 0.2) is 24.3 Å². The molecule has 2 amide bonds. The van der Waals surface area contributed by atoms with Gasteiger partial charge in [-0.2, -0.15) is 0 Å². The van der Waals surface area contributed by atoms with Crippen molar-refractivity contribution < 1.29 is 38.4 Å². The molecule has 1 aliphatic heterocycles. The van der Waals surface area contributed by atoms with E-state index in [0.717, 1.165) is 13.1 Å². The monoisotopic (exact) mass is 678 g/mol. The Balaban J connectivity index is 2.19. The molecule has 1 saturated heterocycles. The van der Waals surface area contributed by atoms with Crippen molar-refractivity contribution in [1.29, 1.82) is 0 Å². The van der Waals surface area contributed by atoms with Crippen LogP contribution in [0.3, 0.4) is 0 Å². The number of nitrogens with one attached hydrogen (secondary N) is 2. The Morgan fingerprint density at radius 2 is 1.67 bits per heavy atom. The number of rotatable bonds is 20.